The van der Waals surface area contributed by atoms with Crippen LogP contribution in [0.4, 0.5) is 5.69 Å². The number of anilines is 1. The van der Waals surface area contributed by atoms with Crippen molar-refractivity contribution in [1.29, 1.82) is 0 Å². The van der Waals surface area contributed by atoms with E-state index in [1.54, 1.807) is 0 Å². The molecule has 1 aliphatic rings. The summed E-state index contributed by atoms with van der Waals surface area (Å²) in [6, 6.07) is 19.3. The summed E-state index contributed by atoms with van der Waals surface area (Å²) >= 11 is 0. The average molecular weight is 403 g/mol. The number of nitrogens with zero attached hydrogens (tertiary/aromatic N) is 5. The molecule has 0 radical (unpaired) electrons. The number of aliphatic imine (C=N–C) groups is 1. The summed E-state index contributed by atoms with van der Waals surface area (Å²) in [6.07, 6.45) is 5.65. The number of nitrogens with one attached hydrogen (secondary N) is 1. The van der Waals surface area contributed by atoms with Crippen LogP contribution in [0.3, 0.4) is 0 Å². The van der Waals surface area contributed by atoms with Gasteiger partial charge in [-0.05, 0) is 30.2 Å². The molecule has 6 nitrogen and oxygen atoms in total. The second-order valence-corrected chi connectivity index (χ2v) is 7.53. The van der Waals surface area contributed by atoms with Crippen molar-refractivity contribution in [2.45, 2.75) is 20.0 Å². The van der Waals surface area contributed by atoms with Crippen LogP contribution in [-0.2, 0) is 13.1 Å². The molecule has 0 spiro atoms. The zero-order valence-corrected chi connectivity index (χ0v) is 17.6. The second kappa shape index (κ2) is 9.96. The fourth-order valence-electron chi connectivity index (χ4n) is 3.82. The van der Waals surface area contributed by atoms with Gasteiger partial charge in [0.1, 0.15) is 0 Å². The van der Waals surface area contributed by atoms with E-state index in [-0.39, 0.29) is 0 Å². The third-order valence-corrected chi connectivity index (χ3v) is 5.36. The molecule has 0 bridgehead atoms. The summed E-state index contributed by atoms with van der Waals surface area (Å²) in [6.45, 7) is 8.48. The minimum Gasteiger partial charge on any atom is -0.368 e. The van der Waals surface area contributed by atoms with Crippen LogP contribution in [0.2, 0.25) is 0 Å². The molecule has 3 aromatic rings. The molecule has 6 heteroatoms. The van der Waals surface area contributed by atoms with Gasteiger partial charge in [-0.25, -0.2) is 9.98 Å². The van der Waals surface area contributed by atoms with Crippen LogP contribution >= 0.6 is 0 Å². The lowest BCUT2D eigenvalue weighted by Crippen LogP contribution is -2.52. The molecule has 1 saturated heterocycles. The zero-order valence-electron chi connectivity index (χ0n) is 17.6. The first kappa shape index (κ1) is 20.0. The van der Waals surface area contributed by atoms with Crippen LogP contribution in [0, 0.1) is 0 Å². The molecule has 4 rings (SSSR count). The Balaban J connectivity index is 1.38. The largest absolute Gasteiger partial charge is 0.368 e. The first-order valence-corrected chi connectivity index (χ1v) is 10.7. The van der Waals surface area contributed by atoms with Crippen molar-refractivity contribution in [3.05, 3.63) is 84.4 Å². The van der Waals surface area contributed by atoms with Gasteiger partial charge in [0, 0.05) is 57.3 Å². The maximum Gasteiger partial charge on any atom is 0.194 e. The standard InChI is InChI=1S/C24H30N6/c1-2-26-24(30-15-13-29(14-16-30)23-9-4-3-5-10-23)27-18-21-7-6-8-22(17-21)19-28-12-11-25-20-28/h3-12,17,20H,2,13-16,18-19H2,1H3,(H,26,27). The lowest BCUT2D eigenvalue weighted by molar-refractivity contribution is 0.372. The summed E-state index contributed by atoms with van der Waals surface area (Å²) in [5.41, 5.74) is 3.79. The molecular formula is C24H30N6. The minimum absolute atomic E-state index is 0.680. The summed E-state index contributed by atoms with van der Waals surface area (Å²) in [5, 5.41) is 3.47. The molecule has 1 N–H and O–H groups in total. The fourth-order valence-corrected chi connectivity index (χ4v) is 3.82. The maximum absolute atomic E-state index is 4.94. The molecule has 0 saturated carbocycles. The zero-order chi connectivity index (χ0) is 20.6. The lowest BCUT2D eigenvalue weighted by atomic mass is 10.1. The molecule has 0 amide bonds. The Morgan fingerprint density at radius 3 is 2.53 bits per heavy atom. The van der Waals surface area contributed by atoms with E-state index >= 15 is 0 Å². The van der Waals surface area contributed by atoms with E-state index in [4.69, 9.17) is 4.99 Å². The van der Waals surface area contributed by atoms with Crippen molar-refractivity contribution in [2.75, 3.05) is 37.6 Å². The molecule has 0 unspecified atom stereocenters. The van der Waals surface area contributed by atoms with E-state index in [0.29, 0.717) is 6.54 Å². The van der Waals surface area contributed by atoms with Gasteiger partial charge in [0.05, 0.1) is 12.9 Å². The molecule has 0 atom stereocenters. The summed E-state index contributed by atoms with van der Waals surface area (Å²) in [5.74, 6) is 1.00. The van der Waals surface area contributed by atoms with Gasteiger partial charge in [0.25, 0.3) is 0 Å². The Bertz CT molecular complexity index is 927. The van der Waals surface area contributed by atoms with E-state index in [9.17, 15) is 0 Å². The monoisotopic (exact) mass is 402 g/mol. The molecule has 0 aliphatic carbocycles. The summed E-state index contributed by atoms with van der Waals surface area (Å²) in [7, 11) is 0. The van der Waals surface area contributed by atoms with Crippen molar-refractivity contribution in [3.63, 3.8) is 0 Å². The second-order valence-electron chi connectivity index (χ2n) is 7.53. The molecule has 30 heavy (non-hydrogen) atoms. The summed E-state index contributed by atoms with van der Waals surface area (Å²) in [4.78, 5) is 13.9. The molecular weight excluding hydrogens is 372 g/mol. The maximum atomic E-state index is 4.94. The molecule has 2 aromatic carbocycles. The van der Waals surface area contributed by atoms with Gasteiger partial charge < -0.3 is 19.7 Å². The van der Waals surface area contributed by atoms with Crippen molar-refractivity contribution in [3.8, 4) is 0 Å². The Morgan fingerprint density at radius 2 is 1.80 bits per heavy atom. The van der Waals surface area contributed by atoms with Crippen LogP contribution in [0.15, 0.2) is 78.3 Å². The van der Waals surface area contributed by atoms with Crippen LogP contribution < -0.4 is 10.2 Å². The van der Waals surface area contributed by atoms with Gasteiger partial charge in [0.2, 0.25) is 0 Å². The van der Waals surface area contributed by atoms with Gasteiger partial charge in [-0.1, -0.05) is 42.5 Å². The highest BCUT2D eigenvalue weighted by molar-refractivity contribution is 5.80. The van der Waals surface area contributed by atoms with Gasteiger partial charge >= 0.3 is 0 Å². The number of aromatic nitrogens is 2. The highest BCUT2D eigenvalue weighted by Crippen LogP contribution is 2.16. The van der Waals surface area contributed by atoms with E-state index in [1.807, 2.05) is 18.7 Å². The highest BCUT2D eigenvalue weighted by Gasteiger charge is 2.19. The third-order valence-electron chi connectivity index (χ3n) is 5.36. The van der Waals surface area contributed by atoms with Crippen molar-refractivity contribution < 1.29 is 0 Å². The molecule has 1 aliphatic heterocycles. The average Bonchev–Trinajstić information content (AvgIpc) is 3.31. The van der Waals surface area contributed by atoms with E-state index in [2.05, 4.69) is 86.2 Å². The van der Waals surface area contributed by atoms with E-state index in [1.165, 1.54) is 16.8 Å². The first-order chi connectivity index (χ1) is 14.8. The topological polar surface area (TPSA) is 48.7 Å². The fraction of sp³-hybridized carbons (Fsp3) is 0.333. The van der Waals surface area contributed by atoms with Crippen LogP contribution in [-0.4, -0.2) is 53.1 Å². The normalized spacial score (nSPS) is 14.8. The number of hydrogen-bond acceptors (Lipinski definition) is 3. The Morgan fingerprint density at radius 1 is 1.00 bits per heavy atom. The van der Waals surface area contributed by atoms with Gasteiger partial charge in [-0.15, -0.1) is 0 Å². The smallest absolute Gasteiger partial charge is 0.194 e. The molecule has 1 aromatic heterocycles. The van der Waals surface area contributed by atoms with Gasteiger partial charge in [0.15, 0.2) is 5.96 Å². The first-order valence-electron chi connectivity index (χ1n) is 10.7. The predicted octanol–water partition coefficient (Wildman–Crippen LogP) is 3.22. The molecule has 2 heterocycles. The number of benzene rings is 2. The van der Waals surface area contributed by atoms with Crippen molar-refractivity contribution in [2.24, 2.45) is 4.99 Å². The van der Waals surface area contributed by atoms with Crippen LogP contribution in [0.5, 0.6) is 0 Å². The third kappa shape index (κ3) is 5.20. The number of guanidine groups is 1. The minimum atomic E-state index is 0.680. The number of piperazine rings is 1. The summed E-state index contributed by atoms with van der Waals surface area (Å²) < 4.78 is 2.08. The SMILES string of the molecule is CCNC(=NCc1cccc(Cn2ccnc2)c1)N1CCN(c2ccccc2)CC1. The van der Waals surface area contributed by atoms with E-state index in [0.717, 1.165) is 45.2 Å². The molecule has 156 valence electrons. The molecule has 1 fully saturated rings. The lowest BCUT2D eigenvalue weighted by Gasteiger charge is -2.37. The Labute approximate surface area is 178 Å². The highest BCUT2D eigenvalue weighted by atomic mass is 15.3. The number of para-hydroxylation sites is 1. The number of hydrogen-bond donors (Lipinski definition) is 1. The van der Waals surface area contributed by atoms with Crippen molar-refractivity contribution in [1.82, 2.24) is 19.8 Å². The number of rotatable bonds is 6. The van der Waals surface area contributed by atoms with Gasteiger partial charge in [-0.3, -0.25) is 0 Å². The quantitative estimate of drug-likeness (QED) is 0.508. The number of imidazole rings is 1. The van der Waals surface area contributed by atoms with Crippen LogP contribution in [0.25, 0.3) is 0 Å². The predicted molar refractivity (Wildman–Crippen MR) is 123 cm³/mol. The van der Waals surface area contributed by atoms with Crippen LogP contribution in [0.1, 0.15) is 18.1 Å². The Kier molecular flexibility index (Phi) is 6.65. The van der Waals surface area contributed by atoms with Gasteiger partial charge in [-0.2, -0.15) is 0 Å². The Hall–Kier alpha value is -3.28. The van der Waals surface area contributed by atoms with E-state index < -0.39 is 0 Å². The van der Waals surface area contributed by atoms with Crippen molar-refractivity contribution >= 4 is 11.6 Å².